The van der Waals surface area contributed by atoms with Crippen molar-refractivity contribution in [2.24, 2.45) is 0 Å². The predicted octanol–water partition coefficient (Wildman–Crippen LogP) is 3.87. The zero-order valence-electron chi connectivity index (χ0n) is 10.6. The van der Waals surface area contributed by atoms with E-state index in [0.717, 1.165) is 21.3 Å². The number of hydrogen-bond donors (Lipinski definition) is 1. The second-order valence-corrected chi connectivity index (χ2v) is 7.40. The van der Waals surface area contributed by atoms with Crippen molar-refractivity contribution < 1.29 is 4.74 Å². The highest BCUT2D eigenvalue weighted by Crippen LogP contribution is 2.36. The normalized spacial score (nSPS) is 13.1. The highest BCUT2D eigenvalue weighted by atomic mass is 79.9. The molecule has 7 heteroatoms. The molecule has 0 amide bonds. The molecule has 104 valence electrons. The standard InChI is InChI=1S/C12H14Br2N2O2S/c1-3-4-18-6(2)5-7-15-9-8(13)11(14)19-10(9)12(17)16-7/h6H,3-5H2,1-2H3,(H,15,16,17). The van der Waals surface area contributed by atoms with Crippen LogP contribution in [0.5, 0.6) is 0 Å². The van der Waals surface area contributed by atoms with E-state index in [1.807, 2.05) is 6.92 Å². The second kappa shape index (κ2) is 6.47. The maximum atomic E-state index is 12.0. The number of hydrogen-bond acceptors (Lipinski definition) is 4. The average Bonchev–Trinajstić information content (AvgIpc) is 2.65. The van der Waals surface area contributed by atoms with Crippen molar-refractivity contribution in [2.75, 3.05) is 6.61 Å². The Hall–Kier alpha value is -0.240. The van der Waals surface area contributed by atoms with E-state index in [2.05, 4.69) is 48.8 Å². The Balaban J connectivity index is 2.30. The lowest BCUT2D eigenvalue weighted by Gasteiger charge is -2.11. The molecule has 0 spiro atoms. The zero-order valence-corrected chi connectivity index (χ0v) is 14.6. The minimum Gasteiger partial charge on any atom is -0.378 e. The summed E-state index contributed by atoms with van der Waals surface area (Å²) in [6, 6.07) is 0. The Bertz CT molecular complexity index is 638. The van der Waals surface area contributed by atoms with E-state index in [1.165, 1.54) is 11.3 Å². The molecule has 1 N–H and O–H groups in total. The molecule has 0 fully saturated rings. The molecule has 0 radical (unpaired) electrons. The molecule has 2 aromatic heterocycles. The number of nitrogens with zero attached hydrogens (tertiary/aromatic N) is 1. The number of ether oxygens (including phenoxy) is 1. The first kappa shape index (κ1) is 15.2. The topological polar surface area (TPSA) is 55.0 Å². The Kier molecular flexibility index (Phi) is 5.16. The van der Waals surface area contributed by atoms with Gasteiger partial charge in [-0.2, -0.15) is 0 Å². The third kappa shape index (κ3) is 3.45. The minimum absolute atomic E-state index is 0.0430. The van der Waals surface area contributed by atoms with Gasteiger partial charge in [0, 0.05) is 13.0 Å². The van der Waals surface area contributed by atoms with E-state index in [-0.39, 0.29) is 11.7 Å². The number of nitrogens with one attached hydrogen (secondary N) is 1. The molecule has 0 saturated carbocycles. The fourth-order valence-electron chi connectivity index (χ4n) is 1.73. The monoisotopic (exact) mass is 408 g/mol. The summed E-state index contributed by atoms with van der Waals surface area (Å²) < 4.78 is 7.95. The van der Waals surface area contributed by atoms with Crippen molar-refractivity contribution in [2.45, 2.75) is 32.8 Å². The number of thiophene rings is 1. The lowest BCUT2D eigenvalue weighted by Crippen LogP contribution is -2.18. The highest BCUT2D eigenvalue weighted by Gasteiger charge is 2.14. The number of halogens is 2. The second-order valence-electron chi connectivity index (χ2n) is 4.27. The third-order valence-corrected chi connectivity index (χ3v) is 6.00. The molecular formula is C12H14Br2N2O2S. The number of fused-ring (bicyclic) bond motifs is 1. The van der Waals surface area contributed by atoms with Gasteiger partial charge in [0.25, 0.3) is 5.56 Å². The molecule has 0 bridgehead atoms. The van der Waals surface area contributed by atoms with Crippen molar-refractivity contribution in [3.8, 4) is 0 Å². The van der Waals surface area contributed by atoms with E-state index in [1.54, 1.807) is 0 Å². The van der Waals surface area contributed by atoms with Gasteiger partial charge < -0.3 is 9.72 Å². The number of rotatable bonds is 5. The van der Waals surface area contributed by atoms with Gasteiger partial charge in [0.1, 0.15) is 16.0 Å². The van der Waals surface area contributed by atoms with Gasteiger partial charge in [0.15, 0.2) is 0 Å². The van der Waals surface area contributed by atoms with Crippen LogP contribution < -0.4 is 5.56 Å². The summed E-state index contributed by atoms with van der Waals surface area (Å²) in [4.78, 5) is 19.3. The van der Waals surface area contributed by atoms with Crippen LogP contribution in [0.2, 0.25) is 0 Å². The summed E-state index contributed by atoms with van der Waals surface area (Å²) in [5.41, 5.74) is 0.609. The van der Waals surface area contributed by atoms with E-state index < -0.39 is 0 Å². The first-order valence-electron chi connectivity index (χ1n) is 6.01. The summed E-state index contributed by atoms with van der Waals surface area (Å²) in [5.74, 6) is 0.659. The van der Waals surface area contributed by atoms with Crippen molar-refractivity contribution >= 4 is 53.4 Å². The summed E-state index contributed by atoms with van der Waals surface area (Å²) in [5, 5.41) is 0. The lowest BCUT2D eigenvalue weighted by atomic mass is 10.2. The van der Waals surface area contributed by atoms with Crippen LogP contribution in [0.3, 0.4) is 0 Å². The van der Waals surface area contributed by atoms with Gasteiger partial charge in [-0.05, 0) is 45.2 Å². The quantitative estimate of drug-likeness (QED) is 0.815. The highest BCUT2D eigenvalue weighted by molar-refractivity contribution is 9.13. The molecule has 0 aliphatic rings. The Morgan fingerprint density at radius 2 is 2.21 bits per heavy atom. The zero-order chi connectivity index (χ0) is 14.0. The molecule has 0 aromatic carbocycles. The smallest absolute Gasteiger partial charge is 0.268 e. The van der Waals surface area contributed by atoms with Crippen molar-refractivity contribution in [1.82, 2.24) is 9.97 Å². The average molecular weight is 410 g/mol. The van der Waals surface area contributed by atoms with E-state index in [0.29, 0.717) is 22.5 Å². The summed E-state index contributed by atoms with van der Waals surface area (Å²) in [7, 11) is 0. The maximum absolute atomic E-state index is 12.0. The largest absolute Gasteiger partial charge is 0.378 e. The maximum Gasteiger partial charge on any atom is 0.268 e. The summed E-state index contributed by atoms with van der Waals surface area (Å²) in [6.45, 7) is 4.78. The molecule has 1 atom stereocenters. The van der Waals surface area contributed by atoms with Crippen LogP contribution in [0.4, 0.5) is 0 Å². The molecular weight excluding hydrogens is 396 g/mol. The molecule has 4 nitrogen and oxygen atoms in total. The van der Waals surface area contributed by atoms with Gasteiger partial charge in [-0.15, -0.1) is 11.3 Å². The molecule has 0 aliphatic carbocycles. The number of aromatic amines is 1. The van der Waals surface area contributed by atoms with Gasteiger partial charge in [0.05, 0.1) is 14.4 Å². The molecule has 2 rings (SSSR count). The van der Waals surface area contributed by atoms with Crippen LogP contribution in [0.15, 0.2) is 13.1 Å². The fraction of sp³-hybridized carbons (Fsp3) is 0.500. The van der Waals surface area contributed by atoms with Gasteiger partial charge >= 0.3 is 0 Å². The molecule has 1 unspecified atom stereocenters. The molecule has 0 saturated heterocycles. The van der Waals surface area contributed by atoms with Crippen LogP contribution in [-0.2, 0) is 11.2 Å². The van der Waals surface area contributed by atoms with Crippen molar-refractivity contribution in [3.63, 3.8) is 0 Å². The third-order valence-electron chi connectivity index (χ3n) is 2.59. The van der Waals surface area contributed by atoms with Crippen LogP contribution in [0.1, 0.15) is 26.1 Å². The first-order valence-corrected chi connectivity index (χ1v) is 8.41. The number of H-pyrrole nitrogens is 1. The molecule has 2 aromatic rings. The predicted molar refractivity (Wildman–Crippen MR) is 85.0 cm³/mol. The van der Waals surface area contributed by atoms with E-state index >= 15 is 0 Å². The van der Waals surface area contributed by atoms with Gasteiger partial charge in [-0.25, -0.2) is 4.98 Å². The summed E-state index contributed by atoms with van der Waals surface area (Å²) in [6.07, 6.45) is 1.63. The minimum atomic E-state index is -0.0981. The fourth-order valence-corrected chi connectivity index (χ4v) is 3.81. The summed E-state index contributed by atoms with van der Waals surface area (Å²) >= 11 is 8.23. The Morgan fingerprint density at radius 1 is 1.47 bits per heavy atom. The lowest BCUT2D eigenvalue weighted by molar-refractivity contribution is 0.0656. The van der Waals surface area contributed by atoms with E-state index in [4.69, 9.17) is 4.74 Å². The van der Waals surface area contributed by atoms with Gasteiger partial charge in [-0.3, -0.25) is 4.79 Å². The molecule has 0 aliphatic heterocycles. The van der Waals surface area contributed by atoms with Crippen LogP contribution in [0.25, 0.3) is 10.2 Å². The van der Waals surface area contributed by atoms with Crippen molar-refractivity contribution in [1.29, 1.82) is 0 Å². The van der Waals surface area contributed by atoms with Crippen LogP contribution >= 0.6 is 43.2 Å². The molecule has 19 heavy (non-hydrogen) atoms. The van der Waals surface area contributed by atoms with Crippen LogP contribution in [0, 0.1) is 0 Å². The first-order chi connectivity index (χ1) is 9.02. The van der Waals surface area contributed by atoms with Gasteiger partial charge in [0.2, 0.25) is 0 Å². The van der Waals surface area contributed by atoms with Crippen molar-refractivity contribution in [3.05, 3.63) is 24.4 Å². The SMILES string of the molecule is CCCOC(C)Cc1nc2c(Br)c(Br)sc2c(=O)[nH]1. The number of aromatic nitrogens is 2. The van der Waals surface area contributed by atoms with Gasteiger partial charge in [-0.1, -0.05) is 6.92 Å². The van der Waals surface area contributed by atoms with E-state index in [9.17, 15) is 4.79 Å². The Labute approximate surface area is 131 Å². The Morgan fingerprint density at radius 3 is 2.89 bits per heavy atom. The van der Waals surface area contributed by atoms with Crippen LogP contribution in [-0.4, -0.2) is 22.7 Å². The molecule has 2 heterocycles.